The fourth-order valence-corrected chi connectivity index (χ4v) is 1.25. The fraction of sp³-hybridized carbons (Fsp3) is 0.250. The molecular formula is C4H5Br2N3. The van der Waals surface area contributed by atoms with E-state index >= 15 is 0 Å². The Balaban J connectivity index is 3.29. The van der Waals surface area contributed by atoms with Gasteiger partial charge in [0.05, 0.1) is 4.47 Å². The molecule has 0 atom stereocenters. The average molecular weight is 255 g/mol. The summed E-state index contributed by atoms with van der Waals surface area (Å²) in [7, 11) is 1.78. The van der Waals surface area contributed by atoms with E-state index < -0.39 is 0 Å². The summed E-state index contributed by atoms with van der Waals surface area (Å²) >= 11 is 6.45. The van der Waals surface area contributed by atoms with Crippen molar-refractivity contribution in [2.24, 2.45) is 7.05 Å². The van der Waals surface area contributed by atoms with Crippen molar-refractivity contribution in [3.8, 4) is 0 Å². The molecule has 0 bridgehead atoms. The maximum atomic E-state index is 5.53. The van der Waals surface area contributed by atoms with Crippen LogP contribution in [-0.4, -0.2) is 9.78 Å². The van der Waals surface area contributed by atoms with E-state index in [1.165, 1.54) is 0 Å². The summed E-state index contributed by atoms with van der Waals surface area (Å²) < 4.78 is 3.14. The first-order valence-corrected chi connectivity index (χ1v) is 3.85. The van der Waals surface area contributed by atoms with Crippen molar-refractivity contribution < 1.29 is 0 Å². The van der Waals surface area contributed by atoms with Crippen molar-refractivity contribution in [1.29, 1.82) is 0 Å². The smallest absolute Gasteiger partial charge is 0.144 e. The van der Waals surface area contributed by atoms with Gasteiger partial charge in [0.1, 0.15) is 10.4 Å². The SMILES string of the molecule is Cn1nc(Br)c(Br)c1N. The molecule has 50 valence electrons. The minimum absolute atomic E-state index is 0.627. The lowest BCUT2D eigenvalue weighted by atomic mass is 10.7. The van der Waals surface area contributed by atoms with Gasteiger partial charge in [0.25, 0.3) is 0 Å². The van der Waals surface area contributed by atoms with E-state index in [4.69, 9.17) is 5.73 Å². The van der Waals surface area contributed by atoms with Crippen LogP contribution in [0.2, 0.25) is 0 Å². The number of halogens is 2. The maximum absolute atomic E-state index is 5.53. The number of hydrogen-bond acceptors (Lipinski definition) is 2. The van der Waals surface area contributed by atoms with Gasteiger partial charge in [-0.05, 0) is 31.9 Å². The number of hydrogen-bond donors (Lipinski definition) is 1. The normalized spacial score (nSPS) is 10.1. The van der Waals surface area contributed by atoms with Gasteiger partial charge in [-0.2, -0.15) is 5.10 Å². The van der Waals surface area contributed by atoms with Gasteiger partial charge in [0.15, 0.2) is 0 Å². The Morgan fingerprint density at radius 2 is 2.11 bits per heavy atom. The molecule has 0 radical (unpaired) electrons. The maximum Gasteiger partial charge on any atom is 0.144 e. The molecule has 0 amide bonds. The highest BCUT2D eigenvalue weighted by atomic mass is 79.9. The molecule has 0 aliphatic heterocycles. The van der Waals surface area contributed by atoms with Crippen molar-refractivity contribution in [2.75, 3.05) is 5.73 Å². The quantitative estimate of drug-likeness (QED) is 0.763. The molecular weight excluding hydrogens is 250 g/mol. The summed E-state index contributed by atoms with van der Waals surface area (Å²) in [4.78, 5) is 0. The van der Waals surface area contributed by atoms with E-state index in [2.05, 4.69) is 37.0 Å². The first-order valence-electron chi connectivity index (χ1n) is 2.26. The third-order valence-corrected chi connectivity index (χ3v) is 2.86. The Kier molecular flexibility index (Phi) is 1.81. The molecule has 0 saturated carbocycles. The lowest BCUT2D eigenvalue weighted by molar-refractivity contribution is 0.771. The van der Waals surface area contributed by atoms with Crippen LogP contribution in [0.4, 0.5) is 5.82 Å². The number of nitrogens with two attached hydrogens (primary N) is 1. The second kappa shape index (κ2) is 2.30. The van der Waals surface area contributed by atoms with Gasteiger partial charge in [0.2, 0.25) is 0 Å². The number of nitrogen functional groups attached to an aromatic ring is 1. The number of anilines is 1. The van der Waals surface area contributed by atoms with Crippen LogP contribution in [0.1, 0.15) is 0 Å². The molecule has 1 heterocycles. The van der Waals surface area contributed by atoms with Crippen molar-refractivity contribution in [3.63, 3.8) is 0 Å². The van der Waals surface area contributed by atoms with Crippen LogP contribution in [0.3, 0.4) is 0 Å². The van der Waals surface area contributed by atoms with Crippen molar-refractivity contribution in [1.82, 2.24) is 9.78 Å². The van der Waals surface area contributed by atoms with E-state index in [0.29, 0.717) is 5.82 Å². The number of nitrogens with zero attached hydrogens (tertiary/aromatic N) is 2. The second-order valence-corrected chi connectivity index (χ2v) is 3.16. The second-order valence-electron chi connectivity index (χ2n) is 1.61. The van der Waals surface area contributed by atoms with Crippen molar-refractivity contribution >= 4 is 37.7 Å². The zero-order valence-electron chi connectivity index (χ0n) is 4.73. The van der Waals surface area contributed by atoms with Gasteiger partial charge in [-0.1, -0.05) is 0 Å². The Morgan fingerprint density at radius 1 is 1.56 bits per heavy atom. The Morgan fingerprint density at radius 3 is 2.22 bits per heavy atom. The van der Waals surface area contributed by atoms with Crippen molar-refractivity contribution in [3.05, 3.63) is 9.08 Å². The molecule has 0 aliphatic carbocycles. The zero-order chi connectivity index (χ0) is 7.02. The molecule has 3 nitrogen and oxygen atoms in total. The molecule has 0 fully saturated rings. The average Bonchev–Trinajstić information content (AvgIpc) is 1.98. The van der Waals surface area contributed by atoms with Gasteiger partial charge < -0.3 is 5.73 Å². The highest BCUT2D eigenvalue weighted by Gasteiger charge is 2.06. The van der Waals surface area contributed by atoms with E-state index in [-0.39, 0.29) is 0 Å². The minimum atomic E-state index is 0.627. The van der Waals surface area contributed by atoms with E-state index in [1.807, 2.05) is 0 Å². The van der Waals surface area contributed by atoms with E-state index in [0.717, 1.165) is 9.08 Å². The molecule has 1 rings (SSSR count). The van der Waals surface area contributed by atoms with E-state index in [1.54, 1.807) is 11.7 Å². The van der Waals surface area contributed by atoms with E-state index in [9.17, 15) is 0 Å². The summed E-state index contributed by atoms with van der Waals surface area (Å²) in [5.74, 6) is 0.627. The molecule has 1 aromatic rings. The lowest BCUT2D eigenvalue weighted by Crippen LogP contribution is -1.96. The van der Waals surface area contributed by atoms with Crippen LogP contribution < -0.4 is 5.73 Å². The number of rotatable bonds is 0. The minimum Gasteiger partial charge on any atom is -0.383 e. The monoisotopic (exact) mass is 253 g/mol. The Hall–Kier alpha value is -0.0300. The van der Waals surface area contributed by atoms with Crippen LogP contribution in [0, 0.1) is 0 Å². The molecule has 0 aliphatic rings. The standard InChI is InChI=1S/C4H5Br2N3/c1-9-4(7)2(5)3(6)8-9/h7H2,1H3. The lowest BCUT2D eigenvalue weighted by Gasteiger charge is -1.89. The number of aryl methyl sites for hydroxylation is 1. The molecule has 0 saturated heterocycles. The summed E-state index contributed by atoms with van der Waals surface area (Å²) in [5, 5.41) is 3.97. The molecule has 9 heavy (non-hydrogen) atoms. The molecule has 0 aromatic carbocycles. The highest BCUT2D eigenvalue weighted by molar-refractivity contribution is 9.13. The van der Waals surface area contributed by atoms with Gasteiger partial charge in [-0.15, -0.1) is 0 Å². The molecule has 5 heteroatoms. The van der Waals surface area contributed by atoms with Crippen LogP contribution in [0.15, 0.2) is 9.08 Å². The largest absolute Gasteiger partial charge is 0.383 e. The molecule has 2 N–H and O–H groups in total. The molecule has 0 spiro atoms. The first-order chi connectivity index (χ1) is 4.13. The summed E-state index contributed by atoms with van der Waals surface area (Å²) in [6, 6.07) is 0. The van der Waals surface area contributed by atoms with Crippen LogP contribution in [-0.2, 0) is 7.05 Å². The van der Waals surface area contributed by atoms with Crippen molar-refractivity contribution in [2.45, 2.75) is 0 Å². The van der Waals surface area contributed by atoms with Gasteiger partial charge in [-0.25, -0.2) is 0 Å². The van der Waals surface area contributed by atoms with Gasteiger partial charge >= 0.3 is 0 Å². The summed E-state index contributed by atoms with van der Waals surface area (Å²) in [6.07, 6.45) is 0. The fourth-order valence-electron chi connectivity index (χ4n) is 0.477. The van der Waals surface area contributed by atoms with Gasteiger partial charge in [-0.3, -0.25) is 4.68 Å². The van der Waals surface area contributed by atoms with Crippen LogP contribution in [0.5, 0.6) is 0 Å². The molecule has 0 unspecified atom stereocenters. The van der Waals surface area contributed by atoms with Crippen LogP contribution >= 0.6 is 31.9 Å². The summed E-state index contributed by atoms with van der Waals surface area (Å²) in [5.41, 5.74) is 5.53. The highest BCUT2D eigenvalue weighted by Crippen LogP contribution is 2.26. The number of aromatic nitrogens is 2. The zero-order valence-corrected chi connectivity index (χ0v) is 7.90. The Bertz CT molecular complexity index is 207. The molecule has 1 aromatic heterocycles. The topological polar surface area (TPSA) is 43.8 Å². The third-order valence-electron chi connectivity index (χ3n) is 0.992. The van der Waals surface area contributed by atoms with Gasteiger partial charge in [0, 0.05) is 7.05 Å². The predicted octanol–water partition coefficient (Wildman–Crippen LogP) is 1.53. The predicted molar refractivity (Wildman–Crippen MR) is 43.0 cm³/mol. The third kappa shape index (κ3) is 1.11. The Labute approximate surface area is 69.5 Å². The first kappa shape index (κ1) is 7.08. The summed E-state index contributed by atoms with van der Waals surface area (Å²) in [6.45, 7) is 0. The van der Waals surface area contributed by atoms with Crippen LogP contribution in [0.25, 0.3) is 0 Å².